The average Bonchev–Trinajstić information content (AvgIpc) is 2.18. The third-order valence-corrected chi connectivity index (χ3v) is 1.49. The normalized spacial score (nSPS) is 9.00. The Labute approximate surface area is 76.3 Å². The molecule has 0 amide bonds. The van der Waals surface area contributed by atoms with Crippen molar-refractivity contribution in [1.82, 2.24) is 4.98 Å². The highest BCUT2D eigenvalue weighted by Gasteiger charge is 2.02. The van der Waals surface area contributed by atoms with Gasteiger partial charge in [0, 0.05) is 19.3 Å². The molecule has 0 aromatic carbocycles. The molecule has 0 saturated heterocycles. The quantitative estimate of drug-likeness (QED) is 0.675. The summed E-state index contributed by atoms with van der Waals surface area (Å²) in [4.78, 5) is 8.69. The topological polar surface area (TPSA) is 70.0 Å². The summed E-state index contributed by atoms with van der Waals surface area (Å²) in [6.45, 7) is 0. The van der Waals surface area contributed by atoms with E-state index in [9.17, 15) is 0 Å². The van der Waals surface area contributed by atoms with E-state index in [0.29, 0.717) is 17.1 Å². The van der Waals surface area contributed by atoms with Gasteiger partial charge in [0.05, 0.1) is 18.4 Å². The molecule has 0 aliphatic heterocycles. The zero-order valence-electron chi connectivity index (χ0n) is 7.46. The maximum absolute atomic E-state index is 8.70. The van der Waals surface area contributed by atoms with Crippen molar-refractivity contribution >= 4 is 11.5 Å². The van der Waals surface area contributed by atoms with Gasteiger partial charge >= 0.3 is 0 Å². The minimum absolute atomic E-state index is 0.445. The van der Waals surface area contributed by atoms with E-state index in [4.69, 9.17) is 10.1 Å². The lowest BCUT2D eigenvalue weighted by molar-refractivity contribution is 0.271. The molecule has 0 fully saturated rings. The molecule has 2 N–H and O–H groups in total. The second-order valence-corrected chi connectivity index (χ2v) is 2.28. The Kier molecular flexibility index (Phi) is 3.06. The molecule has 0 bridgehead atoms. The average molecular weight is 178 g/mol. The molecule has 0 radical (unpaired) electrons. The molecule has 0 saturated carbocycles. The molecule has 0 spiro atoms. The van der Waals surface area contributed by atoms with Crippen LogP contribution in [0.15, 0.2) is 12.3 Å². The highest BCUT2D eigenvalue weighted by molar-refractivity contribution is 5.60. The molecule has 0 aliphatic carbocycles. The van der Waals surface area contributed by atoms with Gasteiger partial charge < -0.3 is 5.32 Å². The smallest absolute Gasteiger partial charge is 0.127 e. The van der Waals surface area contributed by atoms with Gasteiger partial charge in [0.15, 0.2) is 0 Å². The summed E-state index contributed by atoms with van der Waals surface area (Å²) in [6.07, 6.45) is 1.48. The van der Waals surface area contributed by atoms with Crippen LogP contribution < -0.4 is 10.8 Å². The second-order valence-electron chi connectivity index (χ2n) is 2.28. The molecule has 13 heavy (non-hydrogen) atoms. The first-order valence-electron chi connectivity index (χ1n) is 3.68. The van der Waals surface area contributed by atoms with Crippen molar-refractivity contribution in [3.8, 4) is 6.07 Å². The van der Waals surface area contributed by atoms with E-state index in [0.717, 1.165) is 0 Å². The summed E-state index contributed by atoms with van der Waals surface area (Å²) < 4.78 is 0. The van der Waals surface area contributed by atoms with Crippen molar-refractivity contribution in [2.45, 2.75) is 0 Å². The van der Waals surface area contributed by atoms with E-state index < -0.39 is 0 Å². The van der Waals surface area contributed by atoms with Crippen LogP contribution in [0.4, 0.5) is 11.5 Å². The highest BCUT2D eigenvalue weighted by Crippen LogP contribution is 2.16. The van der Waals surface area contributed by atoms with Gasteiger partial charge in [-0.15, -0.1) is 0 Å². The lowest BCUT2D eigenvalue weighted by atomic mass is 10.2. The van der Waals surface area contributed by atoms with Crippen LogP contribution in [-0.2, 0) is 4.84 Å². The molecule has 5 heteroatoms. The lowest BCUT2D eigenvalue weighted by Crippen LogP contribution is -2.01. The van der Waals surface area contributed by atoms with Gasteiger partial charge in [-0.05, 0) is 0 Å². The predicted molar refractivity (Wildman–Crippen MR) is 49.1 cm³/mol. The van der Waals surface area contributed by atoms with Crippen LogP contribution in [0.1, 0.15) is 5.56 Å². The summed E-state index contributed by atoms with van der Waals surface area (Å²) in [5.41, 5.74) is 3.65. The fourth-order valence-electron chi connectivity index (χ4n) is 0.876. The molecule has 1 aromatic rings. The van der Waals surface area contributed by atoms with Crippen LogP contribution in [0.25, 0.3) is 0 Å². The van der Waals surface area contributed by atoms with E-state index in [1.54, 1.807) is 13.1 Å². The van der Waals surface area contributed by atoms with E-state index in [2.05, 4.69) is 15.8 Å². The van der Waals surface area contributed by atoms with Crippen LogP contribution in [0.5, 0.6) is 0 Å². The number of aromatic nitrogens is 1. The predicted octanol–water partition coefficient (Wildman–Crippen LogP) is 0.968. The zero-order valence-corrected chi connectivity index (χ0v) is 7.46. The summed E-state index contributed by atoms with van der Waals surface area (Å²) in [6, 6.07) is 3.70. The monoisotopic (exact) mass is 178 g/mol. The van der Waals surface area contributed by atoms with Gasteiger partial charge in [-0.3, -0.25) is 10.3 Å². The number of nitrogens with zero attached hydrogens (tertiary/aromatic N) is 2. The zero-order chi connectivity index (χ0) is 9.68. The van der Waals surface area contributed by atoms with Crippen LogP contribution in [0.3, 0.4) is 0 Å². The molecule has 0 atom stereocenters. The Balaban J connectivity index is 3.04. The van der Waals surface area contributed by atoms with Crippen molar-refractivity contribution in [3.05, 3.63) is 17.8 Å². The number of nitriles is 1. The van der Waals surface area contributed by atoms with Crippen molar-refractivity contribution in [3.63, 3.8) is 0 Å². The summed E-state index contributed by atoms with van der Waals surface area (Å²) >= 11 is 0. The Morgan fingerprint density at radius 3 is 2.92 bits per heavy atom. The SMILES string of the molecule is CNc1cc(NOC)c(C#N)cn1. The molecule has 1 aromatic heterocycles. The fraction of sp³-hybridized carbons (Fsp3) is 0.250. The van der Waals surface area contributed by atoms with Gasteiger partial charge in [-0.2, -0.15) is 5.26 Å². The number of pyridine rings is 1. The number of hydrogen-bond donors (Lipinski definition) is 2. The van der Waals surface area contributed by atoms with E-state index in [1.807, 2.05) is 6.07 Å². The third kappa shape index (κ3) is 2.07. The molecule has 68 valence electrons. The summed E-state index contributed by atoms with van der Waals surface area (Å²) in [5, 5.41) is 11.6. The Bertz CT molecular complexity index is 331. The Hall–Kier alpha value is -1.80. The molecule has 1 rings (SSSR count). The number of anilines is 2. The van der Waals surface area contributed by atoms with E-state index in [-0.39, 0.29) is 0 Å². The van der Waals surface area contributed by atoms with Crippen molar-refractivity contribution in [2.75, 3.05) is 25.0 Å². The first kappa shape index (κ1) is 9.29. The molecule has 0 aliphatic rings. The Morgan fingerprint density at radius 1 is 1.62 bits per heavy atom. The van der Waals surface area contributed by atoms with Gasteiger partial charge in [0.1, 0.15) is 11.9 Å². The molecule has 0 unspecified atom stereocenters. The van der Waals surface area contributed by atoms with Crippen molar-refractivity contribution in [2.24, 2.45) is 0 Å². The standard InChI is InChI=1S/C8H10N4O/c1-10-8-3-7(12-13-2)6(4-9)5-11-8/h3,5H,1-2H3,(H2,10,11,12). The number of nitrogens with one attached hydrogen (secondary N) is 2. The Morgan fingerprint density at radius 2 is 2.38 bits per heavy atom. The van der Waals surface area contributed by atoms with E-state index >= 15 is 0 Å². The van der Waals surface area contributed by atoms with Crippen LogP contribution >= 0.6 is 0 Å². The fourth-order valence-corrected chi connectivity index (χ4v) is 0.876. The first-order chi connectivity index (χ1) is 6.31. The van der Waals surface area contributed by atoms with Crippen LogP contribution in [0.2, 0.25) is 0 Å². The third-order valence-electron chi connectivity index (χ3n) is 1.49. The van der Waals surface area contributed by atoms with Gasteiger partial charge in [0.25, 0.3) is 0 Å². The number of rotatable bonds is 3. The maximum Gasteiger partial charge on any atom is 0.127 e. The van der Waals surface area contributed by atoms with Crippen molar-refractivity contribution < 1.29 is 4.84 Å². The highest BCUT2D eigenvalue weighted by atomic mass is 16.6. The van der Waals surface area contributed by atoms with Gasteiger partial charge in [-0.1, -0.05) is 0 Å². The van der Waals surface area contributed by atoms with Gasteiger partial charge in [0.2, 0.25) is 0 Å². The second kappa shape index (κ2) is 4.28. The minimum atomic E-state index is 0.445. The number of hydrogen-bond acceptors (Lipinski definition) is 5. The first-order valence-corrected chi connectivity index (χ1v) is 3.68. The van der Waals surface area contributed by atoms with Crippen molar-refractivity contribution in [1.29, 1.82) is 5.26 Å². The van der Waals surface area contributed by atoms with Gasteiger partial charge in [-0.25, -0.2) is 4.98 Å². The summed E-state index contributed by atoms with van der Waals surface area (Å²) in [5.74, 6) is 0.679. The maximum atomic E-state index is 8.70. The lowest BCUT2D eigenvalue weighted by Gasteiger charge is -2.06. The molecular formula is C8H10N4O. The molecule has 1 heterocycles. The van der Waals surface area contributed by atoms with Crippen LogP contribution in [0, 0.1) is 11.3 Å². The van der Waals surface area contributed by atoms with E-state index in [1.165, 1.54) is 13.3 Å². The largest absolute Gasteiger partial charge is 0.373 e. The molecule has 5 nitrogen and oxygen atoms in total. The summed E-state index contributed by atoms with van der Waals surface area (Å²) in [7, 11) is 3.24. The van der Waals surface area contributed by atoms with Crippen LogP contribution in [-0.4, -0.2) is 19.1 Å². The molecular weight excluding hydrogens is 168 g/mol. The minimum Gasteiger partial charge on any atom is -0.373 e.